The van der Waals surface area contributed by atoms with Crippen molar-refractivity contribution in [3.05, 3.63) is 24.3 Å². The molecule has 0 N–H and O–H groups in total. The summed E-state index contributed by atoms with van der Waals surface area (Å²) >= 11 is 5.28. The van der Waals surface area contributed by atoms with Crippen LogP contribution in [0.1, 0.15) is 84.0 Å². The Bertz CT molecular complexity index is 269. The molecule has 0 aliphatic rings. The highest BCUT2D eigenvalue weighted by Crippen LogP contribution is 2.08. The third kappa shape index (κ3) is 17.4. The van der Waals surface area contributed by atoms with Crippen molar-refractivity contribution in [1.82, 2.24) is 0 Å². The van der Waals surface area contributed by atoms with E-state index in [2.05, 4.69) is 31.2 Å². The molecular weight excluding hydrogens is 268 g/mol. The van der Waals surface area contributed by atoms with Crippen LogP contribution in [-0.2, 0) is 4.79 Å². The van der Waals surface area contributed by atoms with Gasteiger partial charge in [0.25, 0.3) is 0 Å². The Hall–Kier alpha value is -0.560. The lowest BCUT2D eigenvalue weighted by atomic mass is 10.1. The monoisotopic (exact) mass is 298 g/mol. The molecule has 0 atom stereocenters. The molecule has 1 nitrogen and oxygen atoms in total. The first-order valence-electron chi connectivity index (χ1n) is 8.25. The number of carbonyl (C=O) groups is 1. The number of halogens is 1. The summed E-state index contributed by atoms with van der Waals surface area (Å²) in [5, 5.41) is -0.198. The van der Waals surface area contributed by atoms with Crippen LogP contribution >= 0.6 is 11.6 Å². The molecule has 0 aliphatic heterocycles. The van der Waals surface area contributed by atoms with E-state index in [4.69, 9.17) is 11.6 Å². The number of unbranched alkanes of at least 4 members (excludes halogenated alkanes) is 8. The Balaban J connectivity index is 3.17. The minimum atomic E-state index is -0.198. The second-order valence-electron chi connectivity index (χ2n) is 5.34. The van der Waals surface area contributed by atoms with Gasteiger partial charge in [-0.3, -0.25) is 4.79 Å². The van der Waals surface area contributed by atoms with E-state index in [0.29, 0.717) is 6.42 Å². The molecule has 0 unspecified atom stereocenters. The van der Waals surface area contributed by atoms with Gasteiger partial charge in [0.05, 0.1) is 0 Å². The maximum absolute atomic E-state index is 10.5. The number of hydrogen-bond donors (Lipinski definition) is 0. The quantitative estimate of drug-likeness (QED) is 0.201. The summed E-state index contributed by atoms with van der Waals surface area (Å²) in [5.74, 6) is 0. The average Bonchev–Trinajstić information content (AvgIpc) is 2.43. The maximum Gasteiger partial charge on any atom is 0.221 e. The lowest BCUT2D eigenvalue weighted by Gasteiger charge is -1.98. The second kappa shape index (κ2) is 16.5. The number of carbonyl (C=O) groups excluding carboxylic acids is 1. The van der Waals surface area contributed by atoms with Gasteiger partial charge < -0.3 is 0 Å². The highest BCUT2D eigenvalue weighted by Gasteiger charge is 1.95. The van der Waals surface area contributed by atoms with E-state index in [1.54, 1.807) is 0 Å². The Labute approximate surface area is 130 Å². The molecule has 0 radical (unpaired) electrons. The van der Waals surface area contributed by atoms with Gasteiger partial charge in [0, 0.05) is 6.42 Å². The molecule has 2 heteroatoms. The molecule has 0 rings (SSSR count). The van der Waals surface area contributed by atoms with Crippen molar-refractivity contribution >= 4 is 16.8 Å². The van der Waals surface area contributed by atoms with Crippen molar-refractivity contribution in [3.8, 4) is 0 Å². The van der Waals surface area contributed by atoms with Gasteiger partial charge in [0.1, 0.15) is 0 Å². The summed E-state index contributed by atoms with van der Waals surface area (Å²) < 4.78 is 0. The van der Waals surface area contributed by atoms with Crippen molar-refractivity contribution in [1.29, 1.82) is 0 Å². The predicted octanol–water partition coefficient (Wildman–Crippen LogP) is 6.57. The third-order valence-corrected chi connectivity index (χ3v) is 3.51. The summed E-state index contributed by atoms with van der Waals surface area (Å²) in [6.07, 6.45) is 22.9. The highest BCUT2D eigenvalue weighted by atomic mass is 35.5. The van der Waals surface area contributed by atoms with Crippen LogP contribution < -0.4 is 0 Å². The van der Waals surface area contributed by atoms with Crippen LogP contribution in [0.3, 0.4) is 0 Å². The zero-order valence-electron chi connectivity index (χ0n) is 13.1. The standard InChI is InChI=1S/C18H31ClO/c1-2-3-4-5-6-7-8-9-10-11-12-13-14-15-16-17-18(19)20/h6-7,9-10H,2-5,8,11-17H2,1H3/b7-6+,10-9+. The highest BCUT2D eigenvalue weighted by molar-refractivity contribution is 6.63. The van der Waals surface area contributed by atoms with Gasteiger partial charge in [-0.2, -0.15) is 0 Å². The topological polar surface area (TPSA) is 17.1 Å². The molecule has 0 bridgehead atoms. The van der Waals surface area contributed by atoms with E-state index in [9.17, 15) is 4.79 Å². The molecule has 0 aromatic rings. The van der Waals surface area contributed by atoms with Crippen LogP contribution in [0.4, 0.5) is 0 Å². The average molecular weight is 299 g/mol. The Kier molecular flexibility index (Phi) is 16.0. The van der Waals surface area contributed by atoms with E-state index >= 15 is 0 Å². The minimum absolute atomic E-state index is 0.198. The van der Waals surface area contributed by atoms with E-state index < -0.39 is 0 Å². The molecule has 0 aliphatic carbocycles. The summed E-state index contributed by atoms with van der Waals surface area (Å²) in [6, 6.07) is 0. The normalized spacial score (nSPS) is 11.7. The molecule has 0 aromatic carbocycles. The van der Waals surface area contributed by atoms with Crippen LogP contribution in [0.25, 0.3) is 0 Å². The fourth-order valence-corrected chi connectivity index (χ4v) is 2.21. The number of hydrogen-bond acceptors (Lipinski definition) is 1. The SMILES string of the molecule is CCCCC/C=C/C/C=C/CCCCCCCC(=O)Cl. The molecular formula is C18H31ClO. The number of allylic oxidation sites excluding steroid dienone is 4. The first-order chi connectivity index (χ1) is 9.77. The lowest BCUT2D eigenvalue weighted by molar-refractivity contribution is -0.111. The van der Waals surface area contributed by atoms with Crippen molar-refractivity contribution in [2.45, 2.75) is 84.0 Å². The van der Waals surface area contributed by atoms with Crippen LogP contribution in [0.2, 0.25) is 0 Å². The van der Waals surface area contributed by atoms with Gasteiger partial charge in [0.2, 0.25) is 5.24 Å². The van der Waals surface area contributed by atoms with Crippen molar-refractivity contribution < 1.29 is 4.79 Å². The van der Waals surface area contributed by atoms with E-state index in [-0.39, 0.29) is 5.24 Å². The molecule has 0 heterocycles. The second-order valence-corrected chi connectivity index (χ2v) is 5.76. The van der Waals surface area contributed by atoms with Crippen LogP contribution in [0, 0.1) is 0 Å². The fourth-order valence-electron chi connectivity index (χ4n) is 2.08. The molecule has 0 amide bonds. The smallest absolute Gasteiger partial charge is 0.221 e. The molecule has 116 valence electrons. The summed E-state index contributed by atoms with van der Waals surface area (Å²) in [6.45, 7) is 2.24. The fraction of sp³-hybridized carbons (Fsp3) is 0.722. The van der Waals surface area contributed by atoms with E-state index in [1.807, 2.05) is 0 Å². The zero-order valence-corrected chi connectivity index (χ0v) is 13.8. The van der Waals surface area contributed by atoms with Crippen molar-refractivity contribution in [2.75, 3.05) is 0 Å². The predicted molar refractivity (Wildman–Crippen MR) is 90.2 cm³/mol. The summed E-state index contributed by atoms with van der Waals surface area (Å²) in [5.41, 5.74) is 0. The maximum atomic E-state index is 10.5. The Morgan fingerprint density at radius 1 is 0.800 bits per heavy atom. The van der Waals surface area contributed by atoms with E-state index in [1.165, 1.54) is 51.4 Å². The van der Waals surface area contributed by atoms with Crippen molar-refractivity contribution in [3.63, 3.8) is 0 Å². The molecule has 0 saturated carbocycles. The first-order valence-corrected chi connectivity index (χ1v) is 8.63. The van der Waals surface area contributed by atoms with Gasteiger partial charge in [-0.1, -0.05) is 63.3 Å². The molecule has 0 fully saturated rings. The zero-order chi connectivity index (χ0) is 14.9. The van der Waals surface area contributed by atoms with Gasteiger partial charge in [-0.05, 0) is 50.1 Å². The Morgan fingerprint density at radius 2 is 1.35 bits per heavy atom. The molecule has 0 saturated heterocycles. The summed E-state index contributed by atoms with van der Waals surface area (Å²) in [4.78, 5) is 10.5. The van der Waals surface area contributed by atoms with Gasteiger partial charge in [-0.25, -0.2) is 0 Å². The van der Waals surface area contributed by atoms with Gasteiger partial charge in [-0.15, -0.1) is 0 Å². The van der Waals surface area contributed by atoms with E-state index in [0.717, 1.165) is 19.3 Å². The third-order valence-electron chi connectivity index (χ3n) is 3.32. The molecule has 0 spiro atoms. The van der Waals surface area contributed by atoms with Gasteiger partial charge >= 0.3 is 0 Å². The lowest BCUT2D eigenvalue weighted by Crippen LogP contribution is -1.86. The van der Waals surface area contributed by atoms with Crippen LogP contribution in [-0.4, -0.2) is 5.24 Å². The summed E-state index contributed by atoms with van der Waals surface area (Å²) in [7, 11) is 0. The van der Waals surface area contributed by atoms with Gasteiger partial charge in [0.15, 0.2) is 0 Å². The molecule has 0 aromatic heterocycles. The number of rotatable bonds is 14. The largest absolute Gasteiger partial charge is 0.281 e. The molecule has 20 heavy (non-hydrogen) atoms. The Morgan fingerprint density at radius 3 is 1.95 bits per heavy atom. The van der Waals surface area contributed by atoms with Crippen LogP contribution in [0.5, 0.6) is 0 Å². The minimum Gasteiger partial charge on any atom is -0.281 e. The van der Waals surface area contributed by atoms with Crippen LogP contribution in [0.15, 0.2) is 24.3 Å². The first kappa shape index (κ1) is 19.4. The van der Waals surface area contributed by atoms with Crippen molar-refractivity contribution in [2.24, 2.45) is 0 Å².